The zero-order valence-electron chi connectivity index (χ0n) is 12.1. The van der Waals surface area contributed by atoms with Crippen molar-refractivity contribution in [1.29, 1.82) is 0 Å². The fourth-order valence-corrected chi connectivity index (χ4v) is 3.75. The molecule has 0 aliphatic carbocycles. The summed E-state index contributed by atoms with van der Waals surface area (Å²) < 4.78 is 0.913. The molecule has 1 aromatic carbocycles. The van der Waals surface area contributed by atoms with Crippen molar-refractivity contribution in [1.82, 2.24) is 4.90 Å². The second kappa shape index (κ2) is 8.49. The van der Waals surface area contributed by atoms with Gasteiger partial charge in [0.05, 0.1) is 12.7 Å². The van der Waals surface area contributed by atoms with Crippen LogP contribution in [0.5, 0.6) is 0 Å². The molecule has 0 aromatic heterocycles. The van der Waals surface area contributed by atoms with Crippen molar-refractivity contribution >= 4 is 27.5 Å². The Morgan fingerprint density at radius 3 is 2.86 bits per heavy atom. The highest BCUT2D eigenvalue weighted by Gasteiger charge is 2.21. The third-order valence-electron chi connectivity index (χ3n) is 4.22. The molecule has 0 bridgehead atoms. The average Bonchev–Trinajstić information content (AvgIpc) is 2.69. The van der Waals surface area contributed by atoms with Crippen molar-refractivity contribution in [2.24, 2.45) is 0 Å². The topological polar surface area (TPSA) is 43.7 Å². The van der Waals surface area contributed by atoms with Crippen molar-refractivity contribution in [3.05, 3.63) is 33.3 Å². The normalized spacial score (nSPS) is 22.0. The van der Waals surface area contributed by atoms with Crippen LogP contribution >= 0.6 is 27.5 Å². The van der Waals surface area contributed by atoms with E-state index < -0.39 is 6.10 Å². The summed E-state index contributed by atoms with van der Waals surface area (Å²) >= 11 is 9.56. The van der Waals surface area contributed by atoms with Gasteiger partial charge in [-0.1, -0.05) is 46.4 Å². The number of aliphatic hydroxyl groups is 2. The fraction of sp³-hybridized carbons (Fsp3) is 0.625. The van der Waals surface area contributed by atoms with Crippen LogP contribution in [0.15, 0.2) is 22.7 Å². The van der Waals surface area contributed by atoms with Crippen LogP contribution < -0.4 is 0 Å². The van der Waals surface area contributed by atoms with Crippen molar-refractivity contribution in [2.45, 2.75) is 44.2 Å². The number of hydrogen-bond acceptors (Lipinski definition) is 3. The number of halogens is 2. The first kappa shape index (κ1) is 17.2. The Labute approximate surface area is 140 Å². The molecule has 2 N–H and O–H groups in total. The number of hydrogen-bond donors (Lipinski definition) is 2. The number of aliphatic hydroxyl groups excluding tert-OH is 2. The third-order valence-corrected chi connectivity index (χ3v) is 5.04. The second-order valence-electron chi connectivity index (χ2n) is 5.69. The Kier molecular flexibility index (Phi) is 6.96. The molecule has 3 nitrogen and oxygen atoms in total. The molecule has 1 aliphatic heterocycles. The molecule has 1 saturated heterocycles. The molecule has 2 unspecified atom stereocenters. The van der Waals surface area contributed by atoms with Crippen molar-refractivity contribution in [2.75, 3.05) is 19.7 Å². The van der Waals surface area contributed by atoms with Crippen LogP contribution in [0.4, 0.5) is 0 Å². The summed E-state index contributed by atoms with van der Waals surface area (Å²) in [5, 5.41) is 20.5. The van der Waals surface area contributed by atoms with Gasteiger partial charge in [-0.3, -0.25) is 4.90 Å². The highest BCUT2D eigenvalue weighted by atomic mass is 79.9. The Bertz CT molecular complexity index is 458. The van der Waals surface area contributed by atoms with Gasteiger partial charge in [0.2, 0.25) is 0 Å². The molecule has 5 heteroatoms. The molecule has 0 spiro atoms. The van der Waals surface area contributed by atoms with Gasteiger partial charge in [-0.25, -0.2) is 0 Å². The molecule has 1 heterocycles. The van der Waals surface area contributed by atoms with Crippen molar-refractivity contribution in [3.8, 4) is 0 Å². The Morgan fingerprint density at radius 1 is 1.33 bits per heavy atom. The van der Waals surface area contributed by atoms with Crippen LogP contribution in [0.1, 0.15) is 43.8 Å². The highest BCUT2D eigenvalue weighted by Crippen LogP contribution is 2.29. The Hall–Kier alpha value is -0.130. The third kappa shape index (κ3) is 4.93. The van der Waals surface area contributed by atoms with E-state index in [0.29, 0.717) is 11.4 Å². The van der Waals surface area contributed by atoms with E-state index in [-0.39, 0.29) is 12.6 Å². The predicted octanol–water partition coefficient (Wildman–Crippen LogP) is 3.76. The molecular formula is C16H23BrClNO2. The molecule has 21 heavy (non-hydrogen) atoms. The van der Waals surface area contributed by atoms with Gasteiger partial charge in [-0.2, -0.15) is 0 Å². The summed E-state index contributed by atoms with van der Waals surface area (Å²) in [5.41, 5.74) is 0.773. The first-order valence-electron chi connectivity index (χ1n) is 7.59. The molecule has 0 saturated carbocycles. The van der Waals surface area contributed by atoms with Crippen molar-refractivity contribution < 1.29 is 10.2 Å². The minimum atomic E-state index is -0.562. The Morgan fingerprint density at radius 2 is 2.14 bits per heavy atom. The number of likely N-dealkylation sites (tertiary alicyclic amines) is 1. The van der Waals surface area contributed by atoms with Crippen LogP contribution in [0.3, 0.4) is 0 Å². The fourth-order valence-electron chi connectivity index (χ4n) is 2.95. The largest absolute Gasteiger partial charge is 0.395 e. The average molecular weight is 377 g/mol. The quantitative estimate of drug-likeness (QED) is 0.822. The SMILES string of the molecule is OCC1CCCCCN1CCC(O)c1ccc(Br)cc1Cl. The van der Waals surface area contributed by atoms with Gasteiger partial charge < -0.3 is 10.2 Å². The van der Waals surface area contributed by atoms with Gasteiger partial charge in [0, 0.05) is 22.1 Å². The molecule has 118 valence electrons. The lowest BCUT2D eigenvalue weighted by atomic mass is 10.1. The number of benzene rings is 1. The summed E-state index contributed by atoms with van der Waals surface area (Å²) in [5.74, 6) is 0. The lowest BCUT2D eigenvalue weighted by Gasteiger charge is -2.29. The van der Waals surface area contributed by atoms with E-state index in [9.17, 15) is 10.2 Å². The highest BCUT2D eigenvalue weighted by molar-refractivity contribution is 9.10. The first-order chi connectivity index (χ1) is 10.1. The van der Waals surface area contributed by atoms with E-state index in [1.54, 1.807) is 0 Å². The summed E-state index contributed by atoms with van der Waals surface area (Å²) in [6, 6.07) is 5.80. The second-order valence-corrected chi connectivity index (χ2v) is 7.01. The maximum Gasteiger partial charge on any atom is 0.0816 e. The summed E-state index contributed by atoms with van der Waals surface area (Å²) in [4.78, 5) is 2.31. The Balaban J connectivity index is 1.94. The zero-order valence-corrected chi connectivity index (χ0v) is 14.5. The molecule has 2 atom stereocenters. The monoisotopic (exact) mass is 375 g/mol. The maximum atomic E-state index is 10.4. The van der Waals surface area contributed by atoms with Gasteiger partial charge in [0.25, 0.3) is 0 Å². The number of nitrogens with zero attached hydrogens (tertiary/aromatic N) is 1. The molecule has 1 fully saturated rings. The van der Waals surface area contributed by atoms with Gasteiger partial charge in [-0.15, -0.1) is 0 Å². The smallest absolute Gasteiger partial charge is 0.0816 e. The lowest BCUT2D eigenvalue weighted by Crippen LogP contribution is -2.38. The van der Waals surface area contributed by atoms with E-state index in [4.69, 9.17) is 11.6 Å². The summed E-state index contributed by atoms with van der Waals surface area (Å²) in [6.07, 6.45) is 4.71. The summed E-state index contributed by atoms with van der Waals surface area (Å²) in [7, 11) is 0. The molecule has 1 aromatic rings. The summed E-state index contributed by atoms with van der Waals surface area (Å²) in [6.45, 7) is 2.00. The zero-order chi connectivity index (χ0) is 15.2. The first-order valence-corrected chi connectivity index (χ1v) is 8.77. The van der Waals surface area contributed by atoms with Crippen LogP contribution in [0, 0.1) is 0 Å². The predicted molar refractivity (Wildman–Crippen MR) is 89.6 cm³/mol. The van der Waals surface area contributed by atoms with E-state index in [0.717, 1.165) is 29.5 Å². The molecule has 0 amide bonds. The van der Waals surface area contributed by atoms with Gasteiger partial charge >= 0.3 is 0 Å². The van der Waals surface area contributed by atoms with Gasteiger partial charge in [0.15, 0.2) is 0 Å². The van der Waals surface area contributed by atoms with Crippen LogP contribution in [-0.4, -0.2) is 40.9 Å². The van der Waals surface area contributed by atoms with Crippen LogP contribution in [-0.2, 0) is 0 Å². The van der Waals surface area contributed by atoms with Crippen molar-refractivity contribution in [3.63, 3.8) is 0 Å². The molecule has 2 rings (SSSR count). The number of rotatable bonds is 5. The van der Waals surface area contributed by atoms with E-state index >= 15 is 0 Å². The van der Waals surface area contributed by atoms with E-state index in [1.165, 1.54) is 19.3 Å². The minimum absolute atomic E-state index is 0.204. The van der Waals surface area contributed by atoms with Crippen LogP contribution in [0.25, 0.3) is 0 Å². The van der Waals surface area contributed by atoms with Gasteiger partial charge in [0.1, 0.15) is 0 Å². The molecule has 0 radical (unpaired) electrons. The standard InChI is InChI=1S/C16H23BrClNO2/c17-12-5-6-14(15(18)10-12)16(21)7-9-19-8-3-1-2-4-13(19)11-20/h5-6,10,13,16,20-21H,1-4,7-9,11H2. The molecule has 1 aliphatic rings. The lowest BCUT2D eigenvalue weighted by molar-refractivity contribution is 0.0947. The van der Waals surface area contributed by atoms with E-state index in [2.05, 4.69) is 20.8 Å². The molecular weight excluding hydrogens is 354 g/mol. The minimum Gasteiger partial charge on any atom is -0.395 e. The van der Waals surface area contributed by atoms with E-state index in [1.807, 2.05) is 18.2 Å². The van der Waals surface area contributed by atoms with Gasteiger partial charge in [-0.05, 0) is 43.5 Å². The maximum absolute atomic E-state index is 10.4. The van der Waals surface area contributed by atoms with Crippen LogP contribution in [0.2, 0.25) is 5.02 Å².